The lowest BCUT2D eigenvalue weighted by molar-refractivity contribution is 0.626. The van der Waals surface area contributed by atoms with Crippen LogP contribution >= 0.6 is 12.2 Å². The minimum atomic E-state index is -0.305. The Morgan fingerprint density at radius 2 is 1.96 bits per heavy atom. The summed E-state index contributed by atoms with van der Waals surface area (Å²) < 4.78 is 15.5. The first-order chi connectivity index (χ1) is 11.0. The molecule has 2 aromatic carbocycles. The van der Waals surface area contributed by atoms with E-state index in [2.05, 4.69) is 15.4 Å². The van der Waals surface area contributed by atoms with Crippen LogP contribution in [0.4, 0.5) is 10.1 Å². The van der Waals surface area contributed by atoms with E-state index in [4.69, 9.17) is 12.2 Å². The number of nitroso groups, excluding NO2 is 1. The third-order valence-electron chi connectivity index (χ3n) is 3.63. The van der Waals surface area contributed by atoms with Gasteiger partial charge in [-0.1, -0.05) is 0 Å². The zero-order chi connectivity index (χ0) is 16.6. The summed E-state index contributed by atoms with van der Waals surface area (Å²) in [6.07, 6.45) is 0. The number of H-pyrrole nitrogens is 1. The molecule has 0 radical (unpaired) electrons. The molecule has 0 atom stereocenters. The van der Waals surface area contributed by atoms with E-state index in [0.717, 1.165) is 22.4 Å². The Balaban J connectivity index is 2.24. The lowest BCUT2D eigenvalue weighted by atomic mass is 10.1. The van der Waals surface area contributed by atoms with Crippen molar-refractivity contribution in [3.05, 3.63) is 63.0 Å². The minimum absolute atomic E-state index is 0.305. The topological polar surface area (TPSA) is 63.0 Å². The van der Waals surface area contributed by atoms with E-state index in [0.29, 0.717) is 16.3 Å². The molecule has 0 saturated heterocycles. The molecule has 1 aromatic heterocycles. The van der Waals surface area contributed by atoms with Gasteiger partial charge in [-0.25, -0.2) is 4.39 Å². The molecule has 3 rings (SSSR count). The number of nitrogens with one attached hydrogen (secondary N) is 1. The average molecular weight is 328 g/mol. The molecule has 0 amide bonds. The first kappa shape index (κ1) is 15.2. The molecule has 23 heavy (non-hydrogen) atoms. The molecular formula is C16H13FN4OS. The molecule has 1 heterocycles. The highest BCUT2D eigenvalue weighted by atomic mass is 32.1. The maximum absolute atomic E-state index is 13.4. The van der Waals surface area contributed by atoms with Crippen LogP contribution in [-0.4, -0.2) is 14.8 Å². The third-order valence-corrected chi connectivity index (χ3v) is 3.90. The van der Waals surface area contributed by atoms with Gasteiger partial charge in [-0.3, -0.25) is 9.67 Å². The molecule has 7 heteroatoms. The third kappa shape index (κ3) is 2.70. The van der Waals surface area contributed by atoms with Gasteiger partial charge >= 0.3 is 0 Å². The SMILES string of the molecule is Cc1cc(N=O)ccc1-c1n[nH]c(=S)n1-c1ccc(F)cc1C. The van der Waals surface area contributed by atoms with Crippen LogP contribution < -0.4 is 0 Å². The van der Waals surface area contributed by atoms with Crippen molar-refractivity contribution < 1.29 is 4.39 Å². The number of halogens is 1. The summed E-state index contributed by atoms with van der Waals surface area (Å²) in [4.78, 5) is 10.6. The second-order valence-electron chi connectivity index (χ2n) is 5.21. The summed E-state index contributed by atoms with van der Waals surface area (Å²) in [7, 11) is 0. The maximum Gasteiger partial charge on any atom is 0.200 e. The van der Waals surface area contributed by atoms with Crippen LogP contribution in [0.1, 0.15) is 11.1 Å². The average Bonchev–Trinajstić information content (AvgIpc) is 2.89. The highest BCUT2D eigenvalue weighted by Crippen LogP contribution is 2.28. The molecule has 116 valence electrons. The van der Waals surface area contributed by atoms with Gasteiger partial charge in [-0.05, 0) is 78.8 Å². The van der Waals surface area contributed by atoms with Gasteiger partial charge in [-0.2, -0.15) is 5.10 Å². The minimum Gasteiger partial charge on any atom is -0.268 e. The van der Waals surface area contributed by atoms with Gasteiger partial charge < -0.3 is 0 Å². The molecule has 5 nitrogen and oxygen atoms in total. The quantitative estimate of drug-likeness (QED) is 0.557. The van der Waals surface area contributed by atoms with Crippen LogP contribution in [0.2, 0.25) is 0 Å². The van der Waals surface area contributed by atoms with E-state index in [1.165, 1.54) is 12.1 Å². The fourth-order valence-corrected chi connectivity index (χ4v) is 2.76. The zero-order valence-corrected chi connectivity index (χ0v) is 13.3. The van der Waals surface area contributed by atoms with Crippen LogP contribution in [0, 0.1) is 29.3 Å². The van der Waals surface area contributed by atoms with E-state index >= 15 is 0 Å². The van der Waals surface area contributed by atoms with Crippen molar-refractivity contribution in [1.82, 2.24) is 14.8 Å². The standard InChI is InChI=1S/C16H13FN4OS/c1-9-8-12(20-22)4-5-13(9)15-18-19-16(23)21(15)14-6-3-11(17)7-10(14)2/h3-8H,1-2H3,(H,19,23). The highest BCUT2D eigenvalue weighted by molar-refractivity contribution is 7.71. The first-order valence-corrected chi connectivity index (χ1v) is 7.30. The van der Waals surface area contributed by atoms with E-state index in [1.54, 1.807) is 28.8 Å². The Hall–Kier alpha value is -2.67. The lowest BCUT2D eigenvalue weighted by Gasteiger charge is -2.11. The van der Waals surface area contributed by atoms with Gasteiger partial charge in [0.1, 0.15) is 11.5 Å². The van der Waals surface area contributed by atoms with Crippen LogP contribution in [0.15, 0.2) is 41.6 Å². The van der Waals surface area contributed by atoms with Gasteiger partial charge in [0.2, 0.25) is 0 Å². The Bertz CT molecular complexity index is 961. The molecule has 0 unspecified atom stereocenters. The number of hydrogen-bond acceptors (Lipinski definition) is 4. The summed E-state index contributed by atoms with van der Waals surface area (Å²) in [5.74, 6) is 0.292. The van der Waals surface area contributed by atoms with Gasteiger partial charge in [0.15, 0.2) is 10.6 Å². The van der Waals surface area contributed by atoms with Crippen molar-refractivity contribution >= 4 is 17.9 Å². The van der Waals surface area contributed by atoms with E-state index < -0.39 is 0 Å². The second kappa shape index (κ2) is 5.85. The van der Waals surface area contributed by atoms with E-state index in [9.17, 15) is 9.30 Å². The predicted octanol–water partition coefficient (Wildman–Crippen LogP) is 4.75. The van der Waals surface area contributed by atoms with Gasteiger partial charge in [0.05, 0.1) is 5.69 Å². The van der Waals surface area contributed by atoms with Gasteiger partial charge in [0, 0.05) is 5.56 Å². The highest BCUT2D eigenvalue weighted by Gasteiger charge is 2.15. The second-order valence-corrected chi connectivity index (χ2v) is 5.60. The summed E-state index contributed by atoms with van der Waals surface area (Å²) in [6.45, 7) is 3.67. The molecule has 0 aliphatic heterocycles. The van der Waals surface area contributed by atoms with Crippen LogP contribution in [0.5, 0.6) is 0 Å². The Morgan fingerprint density at radius 1 is 1.17 bits per heavy atom. The number of rotatable bonds is 3. The molecular weight excluding hydrogens is 315 g/mol. The van der Waals surface area contributed by atoms with E-state index in [-0.39, 0.29) is 5.82 Å². The largest absolute Gasteiger partial charge is 0.268 e. The van der Waals surface area contributed by atoms with Crippen molar-refractivity contribution in [2.24, 2.45) is 5.18 Å². The van der Waals surface area contributed by atoms with Crippen molar-refractivity contribution in [2.45, 2.75) is 13.8 Å². The smallest absolute Gasteiger partial charge is 0.200 e. The Labute approximate surface area is 136 Å². The lowest BCUT2D eigenvalue weighted by Crippen LogP contribution is -2.01. The summed E-state index contributed by atoms with van der Waals surface area (Å²) >= 11 is 5.32. The van der Waals surface area contributed by atoms with Crippen LogP contribution in [0.3, 0.4) is 0 Å². The molecule has 0 spiro atoms. The monoisotopic (exact) mass is 328 g/mol. The number of aryl methyl sites for hydroxylation is 2. The predicted molar refractivity (Wildman–Crippen MR) is 89.1 cm³/mol. The fourth-order valence-electron chi connectivity index (χ4n) is 2.53. The molecule has 0 aliphatic carbocycles. The van der Waals surface area contributed by atoms with Crippen LogP contribution in [0.25, 0.3) is 17.1 Å². The summed E-state index contributed by atoms with van der Waals surface area (Å²) in [5, 5.41) is 9.98. The van der Waals surface area contributed by atoms with Crippen molar-refractivity contribution in [1.29, 1.82) is 0 Å². The first-order valence-electron chi connectivity index (χ1n) is 6.89. The number of aromatic amines is 1. The molecule has 0 saturated carbocycles. The Morgan fingerprint density at radius 3 is 2.61 bits per heavy atom. The molecule has 3 aromatic rings. The number of nitrogens with zero attached hydrogens (tertiary/aromatic N) is 3. The van der Waals surface area contributed by atoms with E-state index in [1.807, 2.05) is 13.8 Å². The van der Waals surface area contributed by atoms with Crippen LogP contribution in [-0.2, 0) is 0 Å². The normalized spacial score (nSPS) is 10.7. The summed E-state index contributed by atoms with van der Waals surface area (Å²) in [6, 6.07) is 9.56. The fraction of sp³-hybridized carbons (Fsp3) is 0.125. The maximum atomic E-state index is 13.4. The molecule has 0 aliphatic rings. The van der Waals surface area contributed by atoms with Crippen molar-refractivity contribution in [2.75, 3.05) is 0 Å². The molecule has 0 bridgehead atoms. The summed E-state index contributed by atoms with van der Waals surface area (Å²) in [5.41, 5.74) is 3.50. The van der Waals surface area contributed by atoms with Gasteiger partial charge in [0.25, 0.3) is 0 Å². The Kier molecular flexibility index (Phi) is 3.87. The molecule has 1 N–H and O–H groups in total. The van der Waals surface area contributed by atoms with Crippen molar-refractivity contribution in [3.8, 4) is 17.1 Å². The number of hydrogen-bond donors (Lipinski definition) is 1. The van der Waals surface area contributed by atoms with Gasteiger partial charge in [-0.15, -0.1) is 4.91 Å². The molecule has 0 fully saturated rings. The number of aromatic nitrogens is 3. The zero-order valence-electron chi connectivity index (χ0n) is 12.5. The van der Waals surface area contributed by atoms with Crippen molar-refractivity contribution in [3.63, 3.8) is 0 Å². The number of benzene rings is 2.